The molecule has 1 unspecified atom stereocenters. The lowest BCUT2D eigenvalue weighted by molar-refractivity contribution is -0.143. The van der Waals surface area contributed by atoms with Crippen LogP contribution in [0.5, 0.6) is 5.75 Å². The van der Waals surface area contributed by atoms with Crippen molar-refractivity contribution in [3.05, 3.63) is 76.1 Å². The highest BCUT2D eigenvalue weighted by Crippen LogP contribution is 2.47. The number of carbonyl (C=O) groups is 2. The van der Waals surface area contributed by atoms with Crippen LogP contribution in [0, 0.1) is 5.92 Å². The Morgan fingerprint density at radius 1 is 0.815 bits per heavy atom. The highest BCUT2D eigenvalue weighted by molar-refractivity contribution is 6.00. The zero-order chi connectivity index (χ0) is 18.5. The minimum Gasteiger partial charge on any atom is -0.480 e. The van der Waals surface area contributed by atoms with Gasteiger partial charge >= 0.3 is 5.63 Å². The first-order valence-electron chi connectivity index (χ1n) is 8.98. The summed E-state index contributed by atoms with van der Waals surface area (Å²) in [5.41, 5.74) is 1.01. The first-order valence-corrected chi connectivity index (χ1v) is 8.98. The van der Waals surface area contributed by atoms with E-state index in [2.05, 4.69) is 0 Å². The predicted molar refractivity (Wildman–Crippen MR) is 97.9 cm³/mol. The third-order valence-electron chi connectivity index (χ3n) is 5.51. The van der Waals surface area contributed by atoms with Crippen molar-refractivity contribution >= 4 is 22.5 Å². The van der Waals surface area contributed by atoms with Gasteiger partial charge in [0.2, 0.25) is 0 Å². The van der Waals surface area contributed by atoms with Crippen LogP contribution in [-0.2, 0) is 9.59 Å². The third kappa shape index (κ3) is 2.35. The molecule has 1 aromatic heterocycles. The van der Waals surface area contributed by atoms with Crippen molar-refractivity contribution in [1.29, 1.82) is 0 Å². The van der Waals surface area contributed by atoms with E-state index >= 15 is 0 Å². The maximum atomic E-state index is 12.9. The molecule has 0 spiro atoms. The normalized spacial score (nSPS) is 24.2. The number of benzene rings is 2. The lowest BCUT2D eigenvalue weighted by Gasteiger charge is -2.40. The van der Waals surface area contributed by atoms with Crippen LogP contribution >= 0.6 is 0 Å². The molecule has 1 aliphatic heterocycles. The molecule has 0 N–H and O–H groups in total. The molecule has 27 heavy (non-hydrogen) atoms. The standard InChI is InChI=1S/C22H16O5/c23-14-10-11-15(24)21-18(14)17(12-6-2-1-3-7-12)19-20(27-21)13-8-4-5-9-16(13)26-22(19)25/h1-9,17-18,21H,10-11H2/t17-,18?,21-/m1/s1. The number of rotatable bonds is 1. The molecule has 0 saturated heterocycles. The first kappa shape index (κ1) is 16.0. The number of ketones is 2. The van der Waals surface area contributed by atoms with E-state index in [1.54, 1.807) is 18.2 Å². The lowest BCUT2D eigenvalue weighted by Crippen LogP contribution is -2.50. The van der Waals surface area contributed by atoms with Crippen molar-refractivity contribution in [1.82, 2.24) is 0 Å². The van der Waals surface area contributed by atoms with Crippen molar-refractivity contribution in [2.24, 2.45) is 5.92 Å². The third-order valence-corrected chi connectivity index (χ3v) is 5.51. The molecule has 2 aliphatic rings. The van der Waals surface area contributed by atoms with Crippen LogP contribution in [0.3, 0.4) is 0 Å². The van der Waals surface area contributed by atoms with Gasteiger partial charge < -0.3 is 9.15 Å². The van der Waals surface area contributed by atoms with E-state index in [1.165, 1.54) is 0 Å². The molecule has 0 radical (unpaired) electrons. The van der Waals surface area contributed by atoms with Crippen LogP contribution in [-0.4, -0.2) is 17.7 Å². The van der Waals surface area contributed by atoms with Crippen LogP contribution in [0.25, 0.3) is 11.0 Å². The fraction of sp³-hybridized carbons (Fsp3) is 0.227. The molecule has 2 heterocycles. The van der Waals surface area contributed by atoms with Gasteiger partial charge in [-0.3, -0.25) is 9.59 Å². The largest absolute Gasteiger partial charge is 0.480 e. The summed E-state index contributed by atoms with van der Waals surface area (Å²) in [6.07, 6.45) is -0.508. The Kier molecular flexibility index (Phi) is 3.50. The molecule has 5 nitrogen and oxygen atoms in total. The van der Waals surface area contributed by atoms with Gasteiger partial charge in [0.25, 0.3) is 0 Å². The fourth-order valence-electron chi connectivity index (χ4n) is 4.30. The Morgan fingerprint density at radius 2 is 1.52 bits per heavy atom. The molecule has 5 rings (SSSR count). The Bertz CT molecular complexity index is 1130. The molecule has 1 aliphatic carbocycles. The molecule has 3 aromatic rings. The predicted octanol–water partition coefficient (Wildman–Crippen LogP) is 3.23. The zero-order valence-corrected chi connectivity index (χ0v) is 14.4. The zero-order valence-electron chi connectivity index (χ0n) is 14.4. The van der Waals surface area contributed by atoms with Gasteiger partial charge in [-0.2, -0.15) is 0 Å². The molecule has 3 atom stereocenters. The summed E-state index contributed by atoms with van der Waals surface area (Å²) < 4.78 is 11.6. The van der Waals surface area contributed by atoms with Crippen molar-refractivity contribution < 1.29 is 18.7 Å². The van der Waals surface area contributed by atoms with E-state index in [0.717, 1.165) is 5.56 Å². The van der Waals surface area contributed by atoms with Gasteiger partial charge in [0, 0.05) is 18.8 Å². The van der Waals surface area contributed by atoms with E-state index in [9.17, 15) is 14.4 Å². The molecule has 0 amide bonds. The lowest BCUT2D eigenvalue weighted by atomic mass is 9.69. The Hall–Kier alpha value is -3.21. The Morgan fingerprint density at radius 3 is 2.33 bits per heavy atom. The highest BCUT2D eigenvalue weighted by atomic mass is 16.5. The Balaban J connectivity index is 1.85. The second-order valence-corrected chi connectivity index (χ2v) is 7.01. The van der Waals surface area contributed by atoms with Crippen LogP contribution in [0.1, 0.15) is 29.9 Å². The summed E-state index contributed by atoms with van der Waals surface area (Å²) in [6.45, 7) is 0. The SMILES string of the molecule is O=C1CCC(=O)[C@H]2Oc3c(c(=O)oc4ccccc34)[C@H](c3ccccc3)C12. The van der Waals surface area contributed by atoms with Crippen molar-refractivity contribution in [3.63, 3.8) is 0 Å². The number of fused-ring (bicyclic) bond motifs is 4. The minimum absolute atomic E-state index is 0.0494. The second-order valence-electron chi connectivity index (χ2n) is 7.01. The number of hydrogen-bond acceptors (Lipinski definition) is 5. The molecule has 134 valence electrons. The average Bonchev–Trinajstić information content (AvgIpc) is 2.70. The van der Waals surface area contributed by atoms with E-state index in [-0.39, 0.29) is 24.4 Å². The van der Waals surface area contributed by atoms with Gasteiger partial charge in [0.15, 0.2) is 11.9 Å². The molecule has 5 heteroatoms. The summed E-state index contributed by atoms with van der Waals surface area (Å²) in [5, 5.41) is 0.636. The van der Waals surface area contributed by atoms with E-state index in [0.29, 0.717) is 22.3 Å². The summed E-state index contributed by atoms with van der Waals surface area (Å²) in [4.78, 5) is 38.3. The summed E-state index contributed by atoms with van der Waals surface area (Å²) in [6, 6.07) is 16.4. The number of ether oxygens (including phenoxy) is 1. The van der Waals surface area contributed by atoms with Gasteiger partial charge in [-0.15, -0.1) is 0 Å². The van der Waals surface area contributed by atoms with Crippen molar-refractivity contribution in [2.45, 2.75) is 24.9 Å². The first-order chi connectivity index (χ1) is 13.1. The van der Waals surface area contributed by atoms with Crippen LogP contribution in [0.4, 0.5) is 0 Å². The summed E-state index contributed by atoms with van der Waals surface area (Å²) >= 11 is 0. The molecule has 0 bridgehead atoms. The van der Waals surface area contributed by atoms with Gasteiger partial charge in [-0.05, 0) is 17.7 Å². The average molecular weight is 360 g/mol. The quantitative estimate of drug-likeness (QED) is 0.623. The van der Waals surface area contributed by atoms with E-state index in [1.807, 2.05) is 36.4 Å². The number of carbonyl (C=O) groups excluding carboxylic acids is 2. The van der Waals surface area contributed by atoms with Gasteiger partial charge in [-0.1, -0.05) is 42.5 Å². The highest BCUT2D eigenvalue weighted by Gasteiger charge is 2.50. The van der Waals surface area contributed by atoms with Crippen LogP contribution < -0.4 is 10.4 Å². The number of hydrogen-bond donors (Lipinski definition) is 0. The van der Waals surface area contributed by atoms with Crippen LogP contribution in [0.2, 0.25) is 0 Å². The van der Waals surface area contributed by atoms with Crippen molar-refractivity contribution in [3.8, 4) is 5.75 Å². The molecule has 1 fully saturated rings. The van der Waals surface area contributed by atoms with Crippen LogP contribution in [0.15, 0.2) is 63.8 Å². The smallest absolute Gasteiger partial charge is 0.343 e. The van der Waals surface area contributed by atoms with Crippen molar-refractivity contribution in [2.75, 3.05) is 0 Å². The second kappa shape index (κ2) is 5.91. The Labute approximate surface area is 154 Å². The molecule has 2 aromatic carbocycles. The molecular formula is C22H16O5. The van der Waals surface area contributed by atoms with E-state index < -0.39 is 23.6 Å². The fourth-order valence-corrected chi connectivity index (χ4v) is 4.30. The topological polar surface area (TPSA) is 73.6 Å². The maximum Gasteiger partial charge on any atom is 0.343 e. The number of para-hydroxylation sites is 1. The minimum atomic E-state index is -0.867. The summed E-state index contributed by atoms with van der Waals surface area (Å²) in [5.74, 6) is -1.04. The van der Waals surface area contributed by atoms with Gasteiger partial charge in [-0.25, -0.2) is 4.79 Å². The maximum absolute atomic E-state index is 12.9. The van der Waals surface area contributed by atoms with E-state index in [4.69, 9.17) is 9.15 Å². The monoisotopic (exact) mass is 360 g/mol. The van der Waals surface area contributed by atoms with Gasteiger partial charge in [0.1, 0.15) is 17.1 Å². The molecular weight excluding hydrogens is 344 g/mol. The number of Topliss-reactive ketones (excluding diaryl/α,β-unsaturated/α-hetero) is 2. The molecule has 1 saturated carbocycles. The summed E-state index contributed by atoms with van der Waals surface area (Å²) in [7, 11) is 0. The van der Waals surface area contributed by atoms with Gasteiger partial charge in [0.05, 0.1) is 16.9 Å².